The van der Waals surface area contributed by atoms with Crippen LogP contribution in [0.25, 0.3) is 0 Å². The van der Waals surface area contributed by atoms with Gasteiger partial charge in [-0.3, -0.25) is 9.80 Å². The van der Waals surface area contributed by atoms with Gasteiger partial charge in [0.25, 0.3) is 0 Å². The molecule has 0 saturated carbocycles. The molecule has 2 atom stereocenters. The summed E-state index contributed by atoms with van der Waals surface area (Å²) in [6, 6.07) is 14.1. The maximum atomic E-state index is 13.1. The SMILES string of the molecule is COC(C=O)Cc1ccc(N2CCN(c3ccc4c(c3)CCCC4N)C2=O)cc1. The molecule has 152 valence electrons. The predicted octanol–water partition coefficient (Wildman–Crippen LogP) is 3.23. The zero-order valence-corrected chi connectivity index (χ0v) is 16.7. The molecule has 0 bridgehead atoms. The van der Waals surface area contributed by atoms with Crippen LogP contribution in [-0.4, -0.2) is 38.6 Å². The van der Waals surface area contributed by atoms with Crippen molar-refractivity contribution in [2.45, 2.75) is 37.8 Å². The van der Waals surface area contributed by atoms with E-state index in [0.29, 0.717) is 19.5 Å². The Hall–Kier alpha value is -2.70. The fourth-order valence-corrected chi connectivity index (χ4v) is 4.25. The molecule has 2 amide bonds. The van der Waals surface area contributed by atoms with E-state index in [4.69, 9.17) is 10.5 Å². The average molecular weight is 393 g/mol. The van der Waals surface area contributed by atoms with Crippen LogP contribution in [0, 0.1) is 0 Å². The largest absolute Gasteiger partial charge is 0.374 e. The third-order valence-electron chi connectivity index (χ3n) is 5.95. The minimum atomic E-state index is -0.443. The van der Waals surface area contributed by atoms with Crippen LogP contribution in [0.2, 0.25) is 0 Å². The molecule has 1 heterocycles. The Labute approximate surface area is 171 Å². The Morgan fingerprint density at radius 3 is 2.52 bits per heavy atom. The summed E-state index contributed by atoms with van der Waals surface area (Å²) in [6.45, 7) is 1.30. The van der Waals surface area contributed by atoms with E-state index in [9.17, 15) is 9.59 Å². The number of hydrogen-bond acceptors (Lipinski definition) is 4. The van der Waals surface area contributed by atoms with Crippen molar-refractivity contribution in [3.05, 3.63) is 59.2 Å². The number of aryl methyl sites for hydroxylation is 1. The number of carbonyl (C=O) groups is 2. The molecule has 29 heavy (non-hydrogen) atoms. The number of nitrogens with two attached hydrogens (primary N) is 1. The van der Waals surface area contributed by atoms with Gasteiger partial charge in [0.2, 0.25) is 0 Å². The summed E-state index contributed by atoms with van der Waals surface area (Å²) in [7, 11) is 1.53. The van der Waals surface area contributed by atoms with Crippen molar-refractivity contribution in [3.63, 3.8) is 0 Å². The van der Waals surface area contributed by atoms with E-state index >= 15 is 0 Å². The molecule has 2 N–H and O–H groups in total. The number of anilines is 2. The topological polar surface area (TPSA) is 75.9 Å². The van der Waals surface area contributed by atoms with Crippen LogP contribution in [0.4, 0.5) is 16.2 Å². The van der Waals surface area contributed by atoms with Gasteiger partial charge in [0, 0.05) is 44.0 Å². The van der Waals surface area contributed by atoms with Crippen molar-refractivity contribution < 1.29 is 14.3 Å². The lowest BCUT2D eigenvalue weighted by atomic mass is 9.88. The highest BCUT2D eigenvalue weighted by Crippen LogP contribution is 2.33. The monoisotopic (exact) mass is 393 g/mol. The van der Waals surface area contributed by atoms with Gasteiger partial charge in [0.15, 0.2) is 0 Å². The molecule has 6 nitrogen and oxygen atoms in total. The fraction of sp³-hybridized carbons (Fsp3) is 0.391. The van der Waals surface area contributed by atoms with Crippen molar-refractivity contribution in [1.29, 1.82) is 0 Å². The zero-order chi connectivity index (χ0) is 20.4. The summed E-state index contributed by atoms with van der Waals surface area (Å²) in [5, 5.41) is 0. The number of carbonyl (C=O) groups excluding carboxylic acids is 2. The molecule has 4 rings (SSSR count). The molecule has 1 fully saturated rings. The van der Waals surface area contributed by atoms with Gasteiger partial charge in [-0.15, -0.1) is 0 Å². The number of nitrogens with zero attached hydrogens (tertiary/aromatic N) is 2. The third-order valence-corrected chi connectivity index (χ3v) is 5.95. The van der Waals surface area contributed by atoms with E-state index in [2.05, 4.69) is 12.1 Å². The number of benzene rings is 2. The van der Waals surface area contributed by atoms with E-state index in [1.165, 1.54) is 18.2 Å². The van der Waals surface area contributed by atoms with Gasteiger partial charge >= 0.3 is 6.03 Å². The maximum absolute atomic E-state index is 13.1. The van der Waals surface area contributed by atoms with Crippen LogP contribution < -0.4 is 15.5 Å². The summed E-state index contributed by atoms with van der Waals surface area (Å²) >= 11 is 0. The Bertz CT molecular complexity index is 897. The second-order valence-corrected chi connectivity index (χ2v) is 7.75. The second-order valence-electron chi connectivity index (χ2n) is 7.75. The van der Waals surface area contributed by atoms with Crippen molar-refractivity contribution in [3.8, 4) is 0 Å². The zero-order valence-electron chi connectivity index (χ0n) is 16.7. The summed E-state index contributed by atoms with van der Waals surface area (Å²) < 4.78 is 5.11. The standard InChI is InChI=1S/C23H27N3O3/c1-29-20(15-27)13-16-5-7-18(8-6-16)25-11-12-26(23(25)28)19-9-10-21-17(14-19)3-2-4-22(21)24/h5-10,14-15,20,22H,2-4,11-13,24H2,1H3. The van der Waals surface area contributed by atoms with E-state index in [1.54, 1.807) is 4.90 Å². The van der Waals surface area contributed by atoms with Gasteiger partial charge in [-0.05, 0) is 60.2 Å². The van der Waals surface area contributed by atoms with E-state index < -0.39 is 6.10 Å². The second kappa shape index (κ2) is 8.35. The van der Waals surface area contributed by atoms with Gasteiger partial charge in [-0.1, -0.05) is 18.2 Å². The first-order valence-electron chi connectivity index (χ1n) is 10.1. The fourth-order valence-electron chi connectivity index (χ4n) is 4.25. The first-order valence-corrected chi connectivity index (χ1v) is 10.1. The minimum Gasteiger partial charge on any atom is -0.374 e. The lowest BCUT2D eigenvalue weighted by molar-refractivity contribution is -0.116. The van der Waals surface area contributed by atoms with Crippen LogP contribution in [0.5, 0.6) is 0 Å². The number of aldehydes is 1. The van der Waals surface area contributed by atoms with Crippen LogP contribution >= 0.6 is 0 Å². The van der Waals surface area contributed by atoms with Gasteiger partial charge < -0.3 is 15.3 Å². The number of fused-ring (bicyclic) bond motifs is 1. The van der Waals surface area contributed by atoms with E-state index in [0.717, 1.165) is 42.5 Å². The van der Waals surface area contributed by atoms with E-state index in [-0.39, 0.29) is 12.1 Å². The highest BCUT2D eigenvalue weighted by molar-refractivity contribution is 6.06. The molecule has 2 unspecified atom stereocenters. The maximum Gasteiger partial charge on any atom is 0.329 e. The smallest absolute Gasteiger partial charge is 0.329 e. The molecule has 6 heteroatoms. The molecule has 1 aliphatic carbocycles. The number of methoxy groups -OCH3 is 1. The van der Waals surface area contributed by atoms with Crippen molar-refractivity contribution in [1.82, 2.24) is 0 Å². The number of ether oxygens (including phenoxy) is 1. The highest BCUT2D eigenvalue weighted by Gasteiger charge is 2.31. The molecule has 0 radical (unpaired) electrons. The molecule has 2 aliphatic rings. The Morgan fingerprint density at radius 1 is 1.14 bits per heavy atom. The Kier molecular flexibility index (Phi) is 5.65. The quantitative estimate of drug-likeness (QED) is 0.765. The normalized spacial score (nSPS) is 19.9. The lowest BCUT2D eigenvalue weighted by Crippen LogP contribution is -2.32. The predicted molar refractivity (Wildman–Crippen MR) is 113 cm³/mol. The molecule has 2 aromatic rings. The van der Waals surface area contributed by atoms with Crippen LogP contribution in [-0.2, 0) is 22.4 Å². The summed E-state index contributed by atoms with van der Waals surface area (Å²) in [4.78, 5) is 27.6. The van der Waals surface area contributed by atoms with Gasteiger partial charge in [0.1, 0.15) is 12.4 Å². The van der Waals surface area contributed by atoms with Gasteiger partial charge in [-0.2, -0.15) is 0 Å². The molecular formula is C23H27N3O3. The van der Waals surface area contributed by atoms with Crippen LogP contribution in [0.3, 0.4) is 0 Å². The molecule has 2 aromatic carbocycles. The first kappa shape index (κ1) is 19.6. The van der Waals surface area contributed by atoms with Gasteiger partial charge in [-0.25, -0.2) is 4.79 Å². The summed E-state index contributed by atoms with van der Waals surface area (Å²) in [6.07, 6.45) is 4.03. The van der Waals surface area contributed by atoms with Gasteiger partial charge in [0.05, 0.1) is 0 Å². The molecule has 0 aromatic heterocycles. The number of amides is 2. The Morgan fingerprint density at radius 2 is 1.83 bits per heavy atom. The van der Waals surface area contributed by atoms with Crippen molar-refractivity contribution in [2.24, 2.45) is 5.73 Å². The lowest BCUT2D eigenvalue weighted by Gasteiger charge is -2.25. The summed E-state index contributed by atoms with van der Waals surface area (Å²) in [5.41, 5.74) is 11.5. The third kappa shape index (κ3) is 3.91. The summed E-state index contributed by atoms with van der Waals surface area (Å²) in [5.74, 6) is 0. The number of urea groups is 1. The van der Waals surface area contributed by atoms with E-state index in [1.807, 2.05) is 35.2 Å². The minimum absolute atomic E-state index is 0.0135. The van der Waals surface area contributed by atoms with Crippen LogP contribution in [0.1, 0.15) is 35.6 Å². The number of hydrogen-bond donors (Lipinski definition) is 1. The number of rotatable bonds is 6. The van der Waals surface area contributed by atoms with Crippen molar-refractivity contribution in [2.75, 3.05) is 30.0 Å². The van der Waals surface area contributed by atoms with Crippen LogP contribution in [0.15, 0.2) is 42.5 Å². The van der Waals surface area contributed by atoms with Crippen molar-refractivity contribution >= 4 is 23.7 Å². The first-order chi connectivity index (χ1) is 14.1. The Balaban J connectivity index is 1.48. The molecule has 1 aliphatic heterocycles. The molecule has 1 saturated heterocycles. The average Bonchev–Trinajstić information content (AvgIpc) is 3.13. The highest BCUT2D eigenvalue weighted by atomic mass is 16.5. The molecule has 0 spiro atoms. The molecular weight excluding hydrogens is 366 g/mol.